The Bertz CT molecular complexity index is 513. The molecule has 3 rings (SSSR count). The fraction of sp³-hybridized carbons (Fsp3) is 0.562. The van der Waals surface area contributed by atoms with Gasteiger partial charge in [0.1, 0.15) is 0 Å². The third-order valence-corrected chi connectivity index (χ3v) is 4.52. The van der Waals surface area contributed by atoms with Crippen LogP contribution < -0.4 is 5.73 Å². The lowest BCUT2D eigenvalue weighted by atomic mass is 9.89. The highest BCUT2D eigenvalue weighted by atomic mass is 16.5. The van der Waals surface area contributed by atoms with Crippen molar-refractivity contribution < 1.29 is 9.53 Å². The highest BCUT2D eigenvalue weighted by molar-refractivity contribution is 5.95. The number of hydrogen-bond donors (Lipinski definition) is 1. The molecule has 1 saturated carbocycles. The van der Waals surface area contributed by atoms with Gasteiger partial charge in [-0.3, -0.25) is 4.79 Å². The van der Waals surface area contributed by atoms with Gasteiger partial charge in [0.15, 0.2) is 0 Å². The molecule has 1 heterocycles. The molecule has 108 valence electrons. The van der Waals surface area contributed by atoms with Crippen molar-refractivity contribution in [1.82, 2.24) is 4.90 Å². The fourth-order valence-electron chi connectivity index (χ4n) is 3.29. The van der Waals surface area contributed by atoms with Crippen LogP contribution in [0.4, 0.5) is 5.69 Å². The van der Waals surface area contributed by atoms with Crippen LogP contribution in [-0.4, -0.2) is 36.1 Å². The Hall–Kier alpha value is -1.55. The maximum Gasteiger partial charge on any atom is 0.254 e. The molecule has 0 spiro atoms. The number of hydrogen-bond acceptors (Lipinski definition) is 3. The Morgan fingerprint density at radius 1 is 1.35 bits per heavy atom. The first-order valence-corrected chi connectivity index (χ1v) is 7.45. The molecule has 0 aromatic heterocycles. The van der Waals surface area contributed by atoms with E-state index in [1.807, 2.05) is 24.0 Å². The van der Waals surface area contributed by atoms with Crippen LogP contribution in [0.1, 0.15) is 41.6 Å². The molecule has 20 heavy (non-hydrogen) atoms. The molecule has 2 aliphatic rings. The second kappa shape index (κ2) is 5.44. The van der Waals surface area contributed by atoms with Gasteiger partial charge in [0.05, 0.1) is 18.8 Å². The summed E-state index contributed by atoms with van der Waals surface area (Å²) in [6.07, 6.45) is 4.75. The van der Waals surface area contributed by atoms with Gasteiger partial charge < -0.3 is 15.4 Å². The highest BCUT2D eigenvalue weighted by Crippen LogP contribution is 2.29. The van der Waals surface area contributed by atoms with Crippen molar-refractivity contribution in [3.8, 4) is 0 Å². The molecule has 1 saturated heterocycles. The molecule has 2 N–H and O–H groups in total. The number of morpholine rings is 1. The first-order valence-electron chi connectivity index (χ1n) is 7.45. The Morgan fingerprint density at radius 3 is 2.95 bits per heavy atom. The van der Waals surface area contributed by atoms with Gasteiger partial charge in [-0.05, 0) is 37.5 Å². The van der Waals surface area contributed by atoms with Crippen molar-refractivity contribution >= 4 is 11.6 Å². The number of aryl methyl sites for hydroxylation is 1. The summed E-state index contributed by atoms with van der Waals surface area (Å²) >= 11 is 0. The van der Waals surface area contributed by atoms with Crippen LogP contribution in [0.25, 0.3) is 0 Å². The lowest BCUT2D eigenvalue weighted by Crippen LogP contribution is -2.54. The normalized spacial score (nSPS) is 26.1. The van der Waals surface area contributed by atoms with Crippen LogP contribution in [0.15, 0.2) is 18.2 Å². The Balaban J connectivity index is 1.83. The zero-order valence-corrected chi connectivity index (χ0v) is 12.0. The fourth-order valence-corrected chi connectivity index (χ4v) is 3.29. The second-order valence-electron chi connectivity index (χ2n) is 5.83. The van der Waals surface area contributed by atoms with Gasteiger partial charge in [0.25, 0.3) is 5.91 Å². The molecule has 0 bridgehead atoms. The topological polar surface area (TPSA) is 55.6 Å². The number of amides is 1. The van der Waals surface area contributed by atoms with Gasteiger partial charge in [-0.15, -0.1) is 0 Å². The smallest absolute Gasteiger partial charge is 0.254 e. The Morgan fingerprint density at radius 2 is 2.15 bits per heavy atom. The van der Waals surface area contributed by atoms with Crippen molar-refractivity contribution in [2.24, 2.45) is 0 Å². The van der Waals surface area contributed by atoms with E-state index in [9.17, 15) is 4.79 Å². The minimum Gasteiger partial charge on any atom is -0.398 e. The lowest BCUT2D eigenvalue weighted by Gasteiger charge is -2.43. The molecule has 0 radical (unpaired) electrons. The van der Waals surface area contributed by atoms with Crippen molar-refractivity contribution in [2.45, 2.75) is 44.8 Å². The standard InChI is InChI=1S/C16H22N2O2/c1-11-6-7-12(10-13(11)17)16(19)18-8-9-20-15-5-3-2-4-14(15)18/h6-7,10,14-15H,2-5,8-9,17H2,1H3. The predicted octanol–water partition coefficient (Wildman–Crippen LogP) is 2.36. The van der Waals surface area contributed by atoms with Crippen molar-refractivity contribution in [3.05, 3.63) is 29.3 Å². The predicted molar refractivity (Wildman–Crippen MR) is 78.6 cm³/mol. The first-order chi connectivity index (χ1) is 9.66. The number of benzene rings is 1. The molecule has 2 fully saturated rings. The van der Waals surface area contributed by atoms with Crippen molar-refractivity contribution in [3.63, 3.8) is 0 Å². The van der Waals surface area contributed by atoms with Crippen LogP contribution in [-0.2, 0) is 4.74 Å². The summed E-state index contributed by atoms with van der Waals surface area (Å²) in [4.78, 5) is 14.7. The van der Waals surface area contributed by atoms with E-state index in [1.54, 1.807) is 6.07 Å². The van der Waals surface area contributed by atoms with Gasteiger partial charge in [-0.25, -0.2) is 0 Å². The first kappa shape index (κ1) is 13.4. The van der Waals surface area contributed by atoms with Crippen LogP contribution in [0.2, 0.25) is 0 Å². The molecular formula is C16H22N2O2. The summed E-state index contributed by atoms with van der Waals surface area (Å²) < 4.78 is 5.82. The summed E-state index contributed by atoms with van der Waals surface area (Å²) in [6, 6.07) is 5.83. The molecule has 2 atom stereocenters. The molecule has 1 aliphatic carbocycles. The summed E-state index contributed by atoms with van der Waals surface area (Å²) in [5, 5.41) is 0. The quantitative estimate of drug-likeness (QED) is 0.800. The number of nitrogens with zero attached hydrogens (tertiary/aromatic N) is 1. The SMILES string of the molecule is Cc1ccc(C(=O)N2CCOC3CCCCC32)cc1N. The second-order valence-corrected chi connectivity index (χ2v) is 5.83. The van der Waals surface area contributed by atoms with E-state index >= 15 is 0 Å². The minimum absolute atomic E-state index is 0.0944. The van der Waals surface area contributed by atoms with E-state index in [-0.39, 0.29) is 18.1 Å². The highest BCUT2D eigenvalue weighted by Gasteiger charge is 2.36. The molecule has 4 nitrogen and oxygen atoms in total. The molecule has 2 unspecified atom stereocenters. The number of rotatable bonds is 1. The maximum atomic E-state index is 12.7. The number of carbonyl (C=O) groups is 1. The zero-order chi connectivity index (χ0) is 14.1. The molecule has 1 aromatic carbocycles. The molecule has 4 heteroatoms. The van der Waals surface area contributed by atoms with E-state index in [2.05, 4.69) is 0 Å². The summed E-state index contributed by atoms with van der Waals surface area (Å²) in [6.45, 7) is 3.29. The number of anilines is 1. The zero-order valence-electron chi connectivity index (χ0n) is 12.0. The number of ether oxygens (including phenoxy) is 1. The van der Waals surface area contributed by atoms with E-state index in [0.29, 0.717) is 24.4 Å². The van der Waals surface area contributed by atoms with E-state index in [0.717, 1.165) is 18.4 Å². The molecular weight excluding hydrogens is 252 g/mol. The summed E-state index contributed by atoms with van der Waals surface area (Å²) in [5.74, 6) is 0.0944. The number of nitrogen functional groups attached to an aromatic ring is 1. The number of nitrogens with two attached hydrogens (primary N) is 1. The third kappa shape index (κ3) is 2.40. The average molecular weight is 274 g/mol. The van der Waals surface area contributed by atoms with Crippen LogP contribution in [0, 0.1) is 6.92 Å². The summed E-state index contributed by atoms with van der Waals surface area (Å²) in [5.41, 5.74) is 8.32. The minimum atomic E-state index is 0.0944. The van der Waals surface area contributed by atoms with Crippen molar-refractivity contribution in [1.29, 1.82) is 0 Å². The van der Waals surface area contributed by atoms with Crippen LogP contribution in [0.5, 0.6) is 0 Å². The monoisotopic (exact) mass is 274 g/mol. The average Bonchev–Trinajstić information content (AvgIpc) is 2.49. The Labute approximate surface area is 119 Å². The van der Waals surface area contributed by atoms with Gasteiger partial charge in [-0.1, -0.05) is 18.9 Å². The maximum absolute atomic E-state index is 12.7. The van der Waals surface area contributed by atoms with Crippen molar-refractivity contribution in [2.75, 3.05) is 18.9 Å². The van der Waals surface area contributed by atoms with Crippen LogP contribution in [0.3, 0.4) is 0 Å². The van der Waals surface area contributed by atoms with Gasteiger partial charge in [0.2, 0.25) is 0 Å². The number of carbonyl (C=O) groups excluding carboxylic acids is 1. The lowest BCUT2D eigenvalue weighted by molar-refractivity contribution is -0.0752. The summed E-state index contributed by atoms with van der Waals surface area (Å²) in [7, 11) is 0. The van der Waals surface area contributed by atoms with E-state index in [1.165, 1.54) is 12.8 Å². The van der Waals surface area contributed by atoms with Gasteiger partial charge in [0, 0.05) is 17.8 Å². The molecule has 1 amide bonds. The third-order valence-electron chi connectivity index (χ3n) is 4.52. The number of fused-ring (bicyclic) bond motifs is 1. The molecule has 1 aliphatic heterocycles. The largest absolute Gasteiger partial charge is 0.398 e. The van der Waals surface area contributed by atoms with E-state index < -0.39 is 0 Å². The Kier molecular flexibility index (Phi) is 3.66. The molecule has 1 aromatic rings. The van der Waals surface area contributed by atoms with Gasteiger partial charge in [-0.2, -0.15) is 0 Å². The van der Waals surface area contributed by atoms with E-state index in [4.69, 9.17) is 10.5 Å². The van der Waals surface area contributed by atoms with Gasteiger partial charge >= 0.3 is 0 Å². The van der Waals surface area contributed by atoms with Crippen LogP contribution >= 0.6 is 0 Å².